The predicted octanol–water partition coefficient (Wildman–Crippen LogP) is 3.41. The maximum Gasteiger partial charge on any atom is 0.413 e. The number of methoxy groups -OCH3 is 1. The molecule has 0 radical (unpaired) electrons. The molecule has 4 rings (SSSR count). The Bertz CT molecular complexity index is 1570. The second-order valence-electron chi connectivity index (χ2n) is 8.45. The van der Waals surface area contributed by atoms with Crippen molar-refractivity contribution in [2.75, 3.05) is 25.1 Å². The zero-order valence-electron chi connectivity index (χ0n) is 20.8. The van der Waals surface area contributed by atoms with Crippen molar-refractivity contribution < 1.29 is 40.7 Å². The molecule has 1 atom stereocenters. The fraction of sp³-hybridized carbons (Fsp3) is 0.292. The summed E-state index contributed by atoms with van der Waals surface area (Å²) in [6.45, 7) is 1.57. The minimum atomic E-state index is -4.83. The highest BCUT2D eigenvalue weighted by molar-refractivity contribution is 6.05. The van der Waals surface area contributed by atoms with Crippen LogP contribution in [0.3, 0.4) is 0 Å². The normalized spacial score (nSPS) is 14.2. The van der Waals surface area contributed by atoms with Crippen molar-refractivity contribution in [3.05, 3.63) is 63.7 Å². The molecular formula is C24H20F6N6O4. The summed E-state index contributed by atoms with van der Waals surface area (Å²) >= 11 is 0. The second-order valence-corrected chi connectivity index (χ2v) is 8.45. The lowest BCUT2D eigenvalue weighted by molar-refractivity contribution is -0.153. The van der Waals surface area contributed by atoms with Crippen LogP contribution in [0.15, 0.2) is 40.2 Å². The van der Waals surface area contributed by atoms with Crippen LogP contribution < -0.4 is 21.0 Å². The quantitative estimate of drug-likeness (QED) is 0.454. The summed E-state index contributed by atoms with van der Waals surface area (Å²) in [7, 11) is 1.12. The Morgan fingerprint density at radius 3 is 2.42 bits per heavy atom. The number of hydrogen-bond acceptors (Lipinski definition) is 7. The number of halogens is 6. The number of aliphatic imine (C=N–C) groups is 1. The molecule has 0 unspecified atom stereocenters. The SMILES string of the molecule is CC[C@H](NC(=O)c1cn(-c2c(F)cc(F)cc2F)c2nc(N3CCN=C3NC(=O)OC)ccc2c1=O)C(F)(F)F. The Morgan fingerprint density at radius 1 is 1.15 bits per heavy atom. The number of nitrogens with one attached hydrogen (secondary N) is 2. The van der Waals surface area contributed by atoms with E-state index in [0.29, 0.717) is 22.9 Å². The molecule has 0 saturated heterocycles. The van der Waals surface area contributed by atoms with Gasteiger partial charge in [0.05, 0.1) is 19.0 Å². The molecule has 212 valence electrons. The number of rotatable bonds is 5. The molecule has 1 aromatic carbocycles. The topological polar surface area (TPSA) is 118 Å². The molecule has 0 fully saturated rings. The van der Waals surface area contributed by atoms with Crippen molar-refractivity contribution in [2.24, 2.45) is 4.99 Å². The first-order valence-corrected chi connectivity index (χ1v) is 11.6. The lowest BCUT2D eigenvalue weighted by atomic mass is 10.1. The number of alkyl halides is 3. The van der Waals surface area contributed by atoms with Crippen molar-refractivity contribution in [2.45, 2.75) is 25.6 Å². The van der Waals surface area contributed by atoms with E-state index in [1.54, 1.807) is 5.32 Å². The minimum absolute atomic E-state index is 0.0143. The van der Waals surface area contributed by atoms with Crippen LogP contribution in [-0.4, -0.2) is 59.9 Å². The fourth-order valence-electron chi connectivity index (χ4n) is 4.01. The van der Waals surface area contributed by atoms with E-state index in [9.17, 15) is 40.7 Å². The first-order chi connectivity index (χ1) is 18.8. The molecule has 10 nitrogen and oxygen atoms in total. The van der Waals surface area contributed by atoms with Gasteiger partial charge in [0.1, 0.15) is 28.9 Å². The number of benzene rings is 1. The van der Waals surface area contributed by atoms with Crippen LogP contribution in [0.2, 0.25) is 0 Å². The summed E-state index contributed by atoms with van der Waals surface area (Å²) in [6, 6.07) is 0.792. The van der Waals surface area contributed by atoms with E-state index in [0.717, 1.165) is 20.1 Å². The third kappa shape index (κ3) is 5.41. The van der Waals surface area contributed by atoms with Crippen molar-refractivity contribution >= 4 is 34.8 Å². The van der Waals surface area contributed by atoms with Gasteiger partial charge in [-0.2, -0.15) is 13.2 Å². The Hall–Kier alpha value is -4.63. The molecule has 2 N–H and O–H groups in total. The van der Waals surface area contributed by atoms with Gasteiger partial charge in [-0.25, -0.2) is 22.9 Å². The third-order valence-corrected chi connectivity index (χ3v) is 5.93. The molecule has 16 heteroatoms. The number of ether oxygens (including phenoxy) is 1. The van der Waals surface area contributed by atoms with Crippen LogP contribution in [0.25, 0.3) is 16.7 Å². The molecule has 2 aromatic heterocycles. The number of guanidine groups is 1. The monoisotopic (exact) mass is 570 g/mol. The molecule has 0 spiro atoms. The lowest BCUT2D eigenvalue weighted by Gasteiger charge is -2.22. The number of anilines is 1. The lowest BCUT2D eigenvalue weighted by Crippen LogP contribution is -2.46. The van der Waals surface area contributed by atoms with Gasteiger partial charge in [-0.05, 0) is 18.6 Å². The van der Waals surface area contributed by atoms with Gasteiger partial charge in [0.25, 0.3) is 5.91 Å². The molecule has 40 heavy (non-hydrogen) atoms. The molecule has 3 heterocycles. The molecule has 0 bridgehead atoms. The Balaban J connectivity index is 1.93. The summed E-state index contributed by atoms with van der Waals surface area (Å²) in [5, 5.41) is 3.69. The molecular weight excluding hydrogens is 550 g/mol. The number of alkyl carbamates (subject to hydrolysis) is 1. The number of fused-ring (bicyclic) bond motifs is 1. The summed E-state index contributed by atoms with van der Waals surface area (Å²) in [6.07, 6.45) is -5.61. The van der Waals surface area contributed by atoms with Crippen LogP contribution in [0.1, 0.15) is 23.7 Å². The number of carbonyl (C=O) groups is 2. The summed E-state index contributed by atoms with van der Waals surface area (Å²) in [5.74, 6) is -5.55. The van der Waals surface area contributed by atoms with Crippen LogP contribution >= 0.6 is 0 Å². The van der Waals surface area contributed by atoms with Crippen LogP contribution in [0.4, 0.5) is 37.0 Å². The average Bonchev–Trinajstić information content (AvgIpc) is 3.34. The minimum Gasteiger partial charge on any atom is -0.453 e. The third-order valence-electron chi connectivity index (χ3n) is 5.93. The molecule has 2 amide bonds. The number of carbonyl (C=O) groups excluding carboxylic acids is 2. The van der Waals surface area contributed by atoms with Crippen molar-refractivity contribution in [3.8, 4) is 5.69 Å². The van der Waals surface area contributed by atoms with E-state index in [4.69, 9.17) is 0 Å². The van der Waals surface area contributed by atoms with Crippen LogP contribution in [-0.2, 0) is 4.74 Å². The van der Waals surface area contributed by atoms with Crippen LogP contribution in [0.5, 0.6) is 0 Å². The van der Waals surface area contributed by atoms with E-state index in [1.807, 2.05) is 0 Å². The maximum absolute atomic E-state index is 14.9. The number of pyridine rings is 2. The van der Waals surface area contributed by atoms with E-state index >= 15 is 0 Å². The average molecular weight is 570 g/mol. The van der Waals surface area contributed by atoms with E-state index in [-0.39, 0.29) is 24.9 Å². The smallest absolute Gasteiger partial charge is 0.413 e. The maximum atomic E-state index is 14.9. The fourth-order valence-corrected chi connectivity index (χ4v) is 4.01. The standard InChI is InChI=1S/C24H20F6N6O4/c1-3-16(24(28,29)30)32-21(38)13-10-36(18-14(26)8-11(25)9-15(18)27)20-12(19(13)37)4-5-17(33-20)35-7-6-31-22(35)34-23(39)40-2/h4-5,8-10,16H,3,6-7H2,1-2H3,(H,32,38)(H,31,34,39)/t16-/m0/s1. The van der Waals surface area contributed by atoms with Crippen LogP contribution in [0, 0.1) is 17.5 Å². The van der Waals surface area contributed by atoms with Gasteiger partial charge in [-0.15, -0.1) is 0 Å². The zero-order chi connectivity index (χ0) is 29.4. The van der Waals surface area contributed by atoms with Gasteiger partial charge >= 0.3 is 12.3 Å². The Kier molecular flexibility index (Phi) is 7.70. The van der Waals surface area contributed by atoms with E-state index in [1.165, 1.54) is 11.0 Å². The second kappa shape index (κ2) is 10.9. The highest BCUT2D eigenvalue weighted by Gasteiger charge is 2.40. The number of aromatic nitrogens is 2. The molecule has 0 saturated carbocycles. The number of amides is 2. The van der Waals surface area contributed by atoms with Crippen molar-refractivity contribution in [3.63, 3.8) is 0 Å². The van der Waals surface area contributed by atoms with Gasteiger partial charge in [-0.1, -0.05) is 6.92 Å². The summed E-state index contributed by atoms with van der Waals surface area (Å²) < 4.78 is 88.4. The van der Waals surface area contributed by atoms with Gasteiger partial charge < -0.3 is 10.1 Å². The van der Waals surface area contributed by atoms with Gasteiger partial charge in [0.2, 0.25) is 11.4 Å². The predicted molar refractivity (Wildman–Crippen MR) is 130 cm³/mol. The highest BCUT2D eigenvalue weighted by atomic mass is 19.4. The zero-order valence-corrected chi connectivity index (χ0v) is 20.8. The van der Waals surface area contributed by atoms with Gasteiger partial charge in [0, 0.05) is 24.9 Å². The Labute approximate surface area is 221 Å². The van der Waals surface area contributed by atoms with Gasteiger partial charge in [0.15, 0.2) is 17.3 Å². The molecule has 1 aliphatic heterocycles. The molecule has 3 aromatic rings. The summed E-state index contributed by atoms with van der Waals surface area (Å²) in [4.78, 5) is 47.5. The molecule has 0 aliphatic carbocycles. The first kappa shape index (κ1) is 28.4. The molecule has 1 aliphatic rings. The summed E-state index contributed by atoms with van der Waals surface area (Å²) in [5.41, 5.74) is -3.32. The number of nitrogens with zero attached hydrogens (tertiary/aromatic N) is 4. The van der Waals surface area contributed by atoms with Crippen molar-refractivity contribution in [1.29, 1.82) is 0 Å². The van der Waals surface area contributed by atoms with E-state index in [2.05, 4.69) is 20.0 Å². The Morgan fingerprint density at radius 2 is 1.82 bits per heavy atom. The van der Waals surface area contributed by atoms with Gasteiger partial charge in [-0.3, -0.25) is 29.4 Å². The van der Waals surface area contributed by atoms with E-state index < -0.39 is 75.8 Å². The largest absolute Gasteiger partial charge is 0.453 e. The highest BCUT2D eigenvalue weighted by Crippen LogP contribution is 2.26. The number of hydrogen-bond donors (Lipinski definition) is 2. The first-order valence-electron chi connectivity index (χ1n) is 11.6. The van der Waals surface area contributed by atoms with Crippen molar-refractivity contribution in [1.82, 2.24) is 20.2 Å².